The predicted molar refractivity (Wildman–Crippen MR) is 28.2 cm³/mol. The van der Waals surface area contributed by atoms with Crippen LogP contribution < -0.4 is 42.9 Å². The average molecular weight is 264 g/mol. The van der Waals surface area contributed by atoms with Crippen LogP contribution in [0.5, 0.6) is 0 Å². The van der Waals surface area contributed by atoms with Crippen molar-refractivity contribution in [1.29, 1.82) is 0 Å². The molecule has 88 valence electrons. The van der Waals surface area contributed by atoms with E-state index in [2.05, 4.69) is 0 Å². The van der Waals surface area contributed by atoms with Gasteiger partial charge in [0, 0.05) is 0 Å². The Morgan fingerprint density at radius 3 is 0.533 bits per heavy atom. The number of hydrogen-bond acceptors (Lipinski definition) is 9. The van der Waals surface area contributed by atoms with Crippen molar-refractivity contribution in [1.82, 2.24) is 12.3 Å². The monoisotopic (exact) mass is 264 g/mol. The van der Waals surface area contributed by atoms with Crippen LogP contribution in [0.1, 0.15) is 0 Å². The zero-order valence-corrected chi connectivity index (χ0v) is 9.24. The zero-order chi connectivity index (χ0) is 10.7. The van der Waals surface area contributed by atoms with Crippen LogP contribution in [-0.4, -0.2) is 18.5 Å². The fraction of sp³-hybridized carbons (Fsp3) is 0. The minimum absolute atomic E-state index is 0. The molecule has 0 saturated carbocycles. The van der Waals surface area contributed by atoms with E-state index in [1.165, 1.54) is 0 Å². The van der Waals surface area contributed by atoms with Gasteiger partial charge in [0.15, 0.2) is 0 Å². The van der Waals surface area contributed by atoms with Crippen LogP contribution in [0.4, 0.5) is 14.4 Å². The van der Waals surface area contributed by atoms with Gasteiger partial charge in [0.25, 0.3) is 0 Å². The summed E-state index contributed by atoms with van der Waals surface area (Å²) in [5.74, 6) is 0. The van der Waals surface area contributed by atoms with Crippen LogP contribution in [0.15, 0.2) is 0 Å². The number of hydrogen-bond donors (Lipinski definition) is 2. The minimum Gasteiger partial charge on any atom is -0.652 e. The predicted octanol–water partition coefficient (Wildman–Crippen LogP) is -6.59. The Bertz CT molecular complexity index is 121. The van der Waals surface area contributed by atoms with Crippen molar-refractivity contribution in [3.8, 4) is 0 Å². The summed E-state index contributed by atoms with van der Waals surface area (Å²) in [5, 5.41) is 50.0. The quantitative estimate of drug-likeness (QED) is 0.392. The third kappa shape index (κ3) is 561. The Kier molecular flexibility index (Phi) is 73.7. The van der Waals surface area contributed by atoms with E-state index in [9.17, 15) is 0 Å². The molecular formula is C3H8N2O9Ti. The molecule has 8 N–H and O–H groups in total. The normalized spacial score (nSPS) is 4.80. The van der Waals surface area contributed by atoms with Crippen molar-refractivity contribution in [3.05, 3.63) is 0 Å². The van der Waals surface area contributed by atoms with Gasteiger partial charge in [0.2, 0.25) is 0 Å². The summed E-state index contributed by atoms with van der Waals surface area (Å²) in [6.07, 6.45) is -7.00. The SMILES string of the molecule is O=C([O-])[O-].O=C([O-])[O-].O=C([O-])[O-].[NH4+].[NH4+].[Ti+4]. The maximum absolute atomic E-state index is 8.33. The van der Waals surface area contributed by atoms with Gasteiger partial charge in [-0.25, -0.2) is 0 Å². The maximum atomic E-state index is 8.33. The van der Waals surface area contributed by atoms with E-state index in [0.717, 1.165) is 0 Å². The molecule has 12 heteroatoms. The largest absolute Gasteiger partial charge is 4.00 e. The molecule has 0 bridgehead atoms. The first-order chi connectivity index (χ1) is 5.20. The molecule has 0 aliphatic carbocycles. The van der Waals surface area contributed by atoms with E-state index in [-0.39, 0.29) is 34.0 Å². The summed E-state index contributed by atoms with van der Waals surface area (Å²) >= 11 is 0. The third-order valence-electron chi connectivity index (χ3n) is 0. The van der Waals surface area contributed by atoms with Gasteiger partial charge in [-0.15, -0.1) is 0 Å². The number of carbonyl (C=O) groups is 3. The van der Waals surface area contributed by atoms with Crippen LogP contribution in [0, 0.1) is 0 Å². The summed E-state index contributed by atoms with van der Waals surface area (Å²) < 4.78 is 0. The summed E-state index contributed by atoms with van der Waals surface area (Å²) in [4.78, 5) is 25.0. The van der Waals surface area contributed by atoms with E-state index < -0.39 is 18.5 Å². The van der Waals surface area contributed by atoms with E-state index in [0.29, 0.717) is 0 Å². The molecule has 0 aliphatic rings. The van der Waals surface area contributed by atoms with E-state index >= 15 is 0 Å². The first-order valence-electron chi connectivity index (χ1n) is 1.84. The molecule has 0 atom stereocenters. The van der Waals surface area contributed by atoms with Gasteiger partial charge in [-0.05, 0) is 18.5 Å². The van der Waals surface area contributed by atoms with Crippen molar-refractivity contribution in [2.24, 2.45) is 0 Å². The molecule has 0 aromatic heterocycles. The van der Waals surface area contributed by atoms with Gasteiger partial charge < -0.3 is 57.3 Å². The zero-order valence-electron chi connectivity index (χ0n) is 7.67. The van der Waals surface area contributed by atoms with Gasteiger partial charge >= 0.3 is 21.7 Å². The topological polar surface area (TPSA) is 263 Å². The summed E-state index contributed by atoms with van der Waals surface area (Å²) in [6, 6.07) is 0. The molecule has 0 aromatic rings. The van der Waals surface area contributed by atoms with E-state index in [4.69, 9.17) is 45.0 Å². The molecular weight excluding hydrogens is 256 g/mol. The molecule has 0 rings (SSSR count). The van der Waals surface area contributed by atoms with Crippen molar-refractivity contribution in [3.63, 3.8) is 0 Å². The van der Waals surface area contributed by atoms with Gasteiger partial charge in [-0.3, -0.25) is 0 Å². The van der Waals surface area contributed by atoms with Crippen LogP contribution in [0.2, 0.25) is 0 Å². The molecule has 15 heavy (non-hydrogen) atoms. The van der Waals surface area contributed by atoms with Gasteiger partial charge in [-0.2, -0.15) is 0 Å². The van der Waals surface area contributed by atoms with Crippen molar-refractivity contribution < 1.29 is 66.7 Å². The van der Waals surface area contributed by atoms with Crippen LogP contribution in [0.25, 0.3) is 0 Å². The van der Waals surface area contributed by atoms with Crippen molar-refractivity contribution in [2.75, 3.05) is 0 Å². The Balaban J connectivity index is -0.0000000184. The van der Waals surface area contributed by atoms with Crippen molar-refractivity contribution >= 4 is 18.5 Å². The van der Waals surface area contributed by atoms with Crippen molar-refractivity contribution in [2.45, 2.75) is 0 Å². The molecule has 11 nitrogen and oxygen atoms in total. The molecule has 0 aromatic carbocycles. The van der Waals surface area contributed by atoms with Crippen LogP contribution >= 0.6 is 0 Å². The Morgan fingerprint density at radius 2 is 0.533 bits per heavy atom. The number of rotatable bonds is 0. The fourth-order valence-corrected chi connectivity index (χ4v) is 0. The number of carboxylic acid groups (broad SMARTS) is 6. The molecule has 0 fully saturated rings. The van der Waals surface area contributed by atoms with Gasteiger partial charge in [-0.1, -0.05) is 0 Å². The minimum atomic E-state index is -2.33. The summed E-state index contributed by atoms with van der Waals surface area (Å²) in [5.41, 5.74) is 0. The Morgan fingerprint density at radius 1 is 0.533 bits per heavy atom. The summed E-state index contributed by atoms with van der Waals surface area (Å²) in [6.45, 7) is 0. The van der Waals surface area contributed by atoms with Crippen LogP contribution in [-0.2, 0) is 21.7 Å². The Labute approximate surface area is 98.0 Å². The molecule has 0 spiro atoms. The first-order valence-corrected chi connectivity index (χ1v) is 1.84. The van der Waals surface area contributed by atoms with E-state index in [1.54, 1.807) is 0 Å². The standard InChI is InChI=1S/3CH2O3.2H3N.Ti/c3*2-1(3)4;;;/h3*(H2,2,3,4);2*1H3;/q;;;;;+4/p-4. The summed E-state index contributed by atoms with van der Waals surface area (Å²) in [7, 11) is 0. The first kappa shape index (κ1) is 37.6. The Hall–Kier alpha value is -1.56. The van der Waals surface area contributed by atoms with Gasteiger partial charge in [0.05, 0.1) is 0 Å². The number of carbonyl (C=O) groups excluding carboxylic acids is 3. The van der Waals surface area contributed by atoms with E-state index in [1.807, 2.05) is 0 Å². The second kappa shape index (κ2) is 29.4. The molecule has 0 saturated heterocycles. The fourth-order valence-electron chi connectivity index (χ4n) is 0. The second-order valence-electron chi connectivity index (χ2n) is 0.750. The third-order valence-corrected chi connectivity index (χ3v) is 0. The second-order valence-corrected chi connectivity index (χ2v) is 0.750. The molecule has 0 aliphatic heterocycles. The maximum Gasteiger partial charge on any atom is 4.00 e. The molecule has 0 unspecified atom stereocenters. The average Bonchev–Trinajstić information content (AvgIpc) is 1.54. The molecule has 0 radical (unpaired) electrons. The molecule has 0 heterocycles. The smallest absolute Gasteiger partial charge is 0.652 e. The van der Waals surface area contributed by atoms with Gasteiger partial charge in [0.1, 0.15) is 0 Å². The van der Waals surface area contributed by atoms with Crippen LogP contribution in [0.3, 0.4) is 0 Å². The molecule has 0 amide bonds. The number of quaternary nitrogens is 2.